The lowest BCUT2D eigenvalue weighted by Gasteiger charge is -2.33. The van der Waals surface area contributed by atoms with Crippen molar-refractivity contribution in [2.45, 2.75) is 25.3 Å². The van der Waals surface area contributed by atoms with Crippen molar-refractivity contribution < 1.29 is 14.3 Å². The van der Waals surface area contributed by atoms with Crippen molar-refractivity contribution >= 4 is 33.3 Å². The van der Waals surface area contributed by atoms with Crippen molar-refractivity contribution in [3.8, 4) is 0 Å². The number of thiophene rings is 1. The van der Waals surface area contributed by atoms with Crippen molar-refractivity contribution in [2.75, 3.05) is 13.7 Å². The number of esters is 1. The van der Waals surface area contributed by atoms with Crippen LogP contribution in [0.15, 0.2) is 29.6 Å². The van der Waals surface area contributed by atoms with Gasteiger partial charge >= 0.3 is 5.97 Å². The Morgan fingerprint density at radius 2 is 2.10 bits per heavy atom. The molecule has 0 aliphatic carbocycles. The van der Waals surface area contributed by atoms with Gasteiger partial charge in [0.2, 0.25) is 0 Å². The van der Waals surface area contributed by atoms with Gasteiger partial charge in [0.05, 0.1) is 12.7 Å². The summed E-state index contributed by atoms with van der Waals surface area (Å²) >= 11 is 1.56. The van der Waals surface area contributed by atoms with E-state index in [0.29, 0.717) is 18.5 Å². The SMILES string of the molecule is COC(=O)C1CCCCN1C(=O)c1csc2ccccc12. The van der Waals surface area contributed by atoms with E-state index >= 15 is 0 Å². The Hall–Kier alpha value is -1.88. The lowest BCUT2D eigenvalue weighted by atomic mass is 10.0. The number of carbonyl (C=O) groups is 2. The molecule has 1 fully saturated rings. The molecule has 1 aromatic carbocycles. The zero-order chi connectivity index (χ0) is 14.8. The molecule has 5 heteroatoms. The third-order valence-corrected chi connectivity index (χ3v) is 4.91. The highest BCUT2D eigenvalue weighted by molar-refractivity contribution is 7.17. The first kappa shape index (κ1) is 14.1. The maximum atomic E-state index is 12.8. The monoisotopic (exact) mass is 303 g/mol. The summed E-state index contributed by atoms with van der Waals surface area (Å²) in [5.41, 5.74) is 0.686. The number of methoxy groups -OCH3 is 1. The van der Waals surface area contributed by atoms with Gasteiger partial charge in [0.25, 0.3) is 5.91 Å². The fraction of sp³-hybridized carbons (Fsp3) is 0.375. The Balaban J connectivity index is 1.94. The number of benzene rings is 1. The van der Waals surface area contributed by atoms with E-state index in [2.05, 4.69) is 0 Å². The molecular weight excluding hydrogens is 286 g/mol. The molecule has 1 atom stereocenters. The number of ether oxygens (including phenoxy) is 1. The van der Waals surface area contributed by atoms with Crippen LogP contribution in [0.5, 0.6) is 0 Å². The second kappa shape index (κ2) is 5.85. The standard InChI is InChI=1S/C16H17NO3S/c1-20-16(19)13-7-4-5-9-17(13)15(18)12-10-21-14-8-3-2-6-11(12)14/h2-3,6,8,10,13H,4-5,7,9H2,1H3. The first-order valence-electron chi connectivity index (χ1n) is 7.07. The normalized spacial score (nSPS) is 18.7. The number of likely N-dealkylation sites (tertiary alicyclic amines) is 1. The van der Waals surface area contributed by atoms with Crippen molar-refractivity contribution in [1.82, 2.24) is 4.90 Å². The molecule has 2 heterocycles. The van der Waals surface area contributed by atoms with Gasteiger partial charge in [-0.2, -0.15) is 0 Å². The number of amides is 1. The van der Waals surface area contributed by atoms with Crippen LogP contribution in [-0.4, -0.2) is 36.5 Å². The second-order valence-electron chi connectivity index (χ2n) is 5.18. The fourth-order valence-electron chi connectivity index (χ4n) is 2.85. The van der Waals surface area contributed by atoms with Gasteiger partial charge < -0.3 is 9.64 Å². The zero-order valence-electron chi connectivity index (χ0n) is 11.9. The van der Waals surface area contributed by atoms with Gasteiger partial charge in [-0.3, -0.25) is 4.79 Å². The Morgan fingerprint density at radius 1 is 1.29 bits per heavy atom. The summed E-state index contributed by atoms with van der Waals surface area (Å²) in [4.78, 5) is 26.4. The Bertz CT molecular complexity index is 679. The van der Waals surface area contributed by atoms with E-state index in [-0.39, 0.29) is 11.9 Å². The van der Waals surface area contributed by atoms with Gasteiger partial charge in [0, 0.05) is 22.0 Å². The molecule has 21 heavy (non-hydrogen) atoms. The van der Waals surface area contributed by atoms with E-state index < -0.39 is 6.04 Å². The van der Waals surface area contributed by atoms with Crippen LogP contribution in [0.4, 0.5) is 0 Å². The molecule has 4 nitrogen and oxygen atoms in total. The number of fused-ring (bicyclic) bond motifs is 1. The van der Waals surface area contributed by atoms with Gasteiger partial charge in [-0.05, 0) is 25.3 Å². The molecule has 1 amide bonds. The molecule has 0 saturated carbocycles. The molecule has 1 aromatic heterocycles. The Labute approximate surface area is 127 Å². The maximum absolute atomic E-state index is 12.8. The van der Waals surface area contributed by atoms with Crippen LogP contribution in [-0.2, 0) is 9.53 Å². The van der Waals surface area contributed by atoms with Gasteiger partial charge in [-0.15, -0.1) is 11.3 Å². The molecule has 1 aliphatic rings. The minimum Gasteiger partial charge on any atom is -0.467 e. The highest BCUT2D eigenvalue weighted by atomic mass is 32.1. The average Bonchev–Trinajstić information content (AvgIpc) is 2.97. The van der Waals surface area contributed by atoms with E-state index in [1.807, 2.05) is 29.6 Å². The number of nitrogens with zero attached hydrogens (tertiary/aromatic N) is 1. The number of piperidine rings is 1. The molecule has 1 unspecified atom stereocenters. The summed E-state index contributed by atoms with van der Waals surface area (Å²) in [6.45, 7) is 0.614. The number of carbonyl (C=O) groups excluding carboxylic acids is 2. The Morgan fingerprint density at radius 3 is 2.90 bits per heavy atom. The van der Waals surface area contributed by atoms with E-state index in [4.69, 9.17) is 4.74 Å². The average molecular weight is 303 g/mol. The van der Waals surface area contributed by atoms with Crippen molar-refractivity contribution in [3.05, 3.63) is 35.2 Å². The van der Waals surface area contributed by atoms with Crippen LogP contribution in [0.2, 0.25) is 0 Å². The van der Waals surface area contributed by atoms with E-state index in [0.717, 1.165) is 22.9 Å². The largest absolute Gasteiger partial charge is 0.467 e. The van der Waals surface area contributed by atoms with E-state index in [1.165, 1.54) is 7.11 Å². The predicted molar refractivity (Wildman–Crippen MR) is 82.5 cm³/mol. The first-order chi connectivity index (χ1) is 10.2. The van der Waals surface area contributed by atoms with E-state index in [1.54, 1.807) is 16.2 Å². The summed E-state index contributed by atoms with van der Waals surface area (Å²) in [6.07, 6.45) is 2.57. The second-order valence-corrected chi connectivity index (χ2v) is 6.09. The lowest BCUT2D eigenvalue weighted by molar-refractivity contribution is -0.147. The quantitative estimate of drug-likeness (QED) is 0.801. The molecule has 0 spiro atoms. The summed E-state index contributed by atoms with van der Waals surface area (Å²) in [5.74, 6) is -0.384. The van der Waals surface area contributed by atoms with Crippen molar-refractivity contribution in [3.63, 3.8) is 0 Å². The third kappa shape index (κ3) is 2.53. The number of hydrogen-bond acceptors (Lipinski definition) is 4. The van der Waals surface area contributed by atoms with Crippen molar-refractivity contribution in [2.24, 2.45) is 0 Å². The highest BCUT2D eigenvalue weighted by Crippen LogP contribution is 2.29. The summed E-state index contributed by atoms with van der Waals surface area (Å²) < 4.78 is 5.93. The summed E-state index contributed by atoms with van der Waals surface area (Å²) in [6, 6.07) is 7.40. The van der Waals surface area contributed by atoms with Crippen LogP contribution in [0, 0.1) is 0 Å². The molecule has 110 valence electrons. The zero-order valence-corrected chi connectivity index (χ0v) is 12.7. The topological polar surface area (TPSA) is 46.6 Å². The minimum absolute atomic E-state index is 0.0671. The number of rotatable bonds is 2. The summed E-state index contributed by atoms with van der Waals surface area (Å²) in [5, 5.41) is 2.84. The molecule has 0 radical (unpaired) electrons. The van der Waals surface area contributed by atoms with Crippen LogP contribution >= 0.6 is 11.3 Å². The number of hydrogen-bond donors (Lipinski definition) is 0. The van der Waals surface area contributed by atoms with Crippen LogP contribution < -0.4 is 0 Å². The summed E-state index contributed by atoms with van der Waals surface area (Å²) in [7, 11) is 1.37. The molecule has 0 bridgehead atoms. The molecule has 2 aromatic rings. The fourth-order valence-corrected chi connectivity index (χ4v) is 3.79. The lowest BCUT2D eigenvalue weighted by Crippen LogP contribution is -2.48. The molecule has 1 saturated heterocycles. The molecule has 3 rings (SSSR count). The van der Waals surface area contributed by atoms with Crippen LogP contribution in [0.1, 0.15) is 29.6 Å². The van der Waals surface area contributed by atoms with Crippen molar-refractivity contribution in [1.29, 1.82) is 0 Å². The first-order valence-corrected chi connectivity index (χ1v) is 7.95. The van der Waals surface area contributed by atoms with Gasteiger partial charge in [-0.1, -0.05) is 18.2 Å². The van der Waals surface area contributed by atoms with Gasteiger partial charge in [0.15, 0.2) is 0 Å². The molecule has 0 N–H and O–H groups in total. The maximum Gasteiger partial charge on any atom is 0.328 e. The molecular formula is C16H17NO3S. The van der Waals surface area contributed by atoms with E-state index in [9.17, 15) is 9.59 Å². The minimum atomic E-state index is -0.449. The predicted octanol–water partition coefficient (Wildman–Crippen LogP) is 3.07. The smallest absolute Gasteiger partial charge is 0.328 e. The molecule has 1 aliphatic heterocycles. The third-order valence-electron chi connectivity index (χ3n) is 3.95. The highest BCUT2D eigenvalue weighted by Gasteiger charge is 2.34. The Kier molecular flexibility index (Phi) is 3.92. The van der Waals surface area contributed by atoms with Gasteiger partial charge in [-0.25, -0.2) is 4.79 Å². The van der Waals surface area contributed by atoms with Crippen LogP contribution in [0.3, 0.4) is 0 Å². The van der Waals surface area contributed by atoms with Crippen LogP contribution in [0.25, 0.3) is 10.1 Å². The van der Waals surface area contributed by atoms with Gasteiger partial charge in [0.1, 0.15) is 6.04 Å².